The normalized spacial score (nSPS) is 16.9. The minimum absolute atomic E-state index is 0.324. The Labute approximate surface area is 157 Å². The van der Waals surface area contributed by atoms with Crippen molar-refractivity contribution in [3.63, 3.8) is 0 Å². The molecule has 8 heteroatoms. The van der Waals surface area contributed by atoms with E-state index in [0.717, 1.165) is 24.0 Å². The van der Waals surface area contributed by atoms with Gasteiger partial charge in [0.15, 0.2) is 0 Å². The summed E-state index contributed by atoms with van der Waals surface area (Å²) in [6.07, 6.45) is 0. The predicted molar refractivity (Wildman–Crippen MR) is 100 cm³/mol. The SMILES string of the molecule is CCOc1ccc(S(=O)(=O)N2CC[NH+](Cc3ccc(Cl)s3)CC2)cc1. The van der Waals surface area contributed by atoms with E-state index < -0.39 is 10.0 Å². The Hall–Kier alpha value is -1.12. The van der Waals surface area contributed by atoms with Crippen LogP contribution in [0.2, 0.25) is 4.34 Å². The number of benzene rings is 1. The summed E-state index contributed by atoms with van der Waals surface area (Å²) in [6.45, 7) is 6.02. The van der Waals surface area contributed by atoms with Gasteiger partial charge in [0.25, 0.3) is 0 Å². The average molecular weight is 402 g/mol. The van der Waals surface area contributed by atoms with E-state index in [-0.39, 0.29) is 0 Å². The maximum Gasteiger partial charge on any atom is 0.243 e. The predicted octanol–water partition coefficient (Wildman–Crippen LogP) is 1.89. The molecule has 3 rings (SSSR count). The largest absolute Gasteiger partial charge is 0.494 e. The molecule has 2 aromatic rings. The van der Waals surface area contributed by atoms with Gasteiger partial charge in [0.05, 0.1) is 46.9 Å². The number of rotatable bonds is 6. The minimum Gasteiger partial charge on any atom is -0.494 e. The Balaban J connectivity index is 1.60. The summed E-state index contributed by atoms with van der Waals surface area (Å²) >= 11 is 7.56. The van der Waals surface area contributed by atoms with E-state index in [9.17, 15) is 8.42 Å². The van der Waals surface area contributed by atoms with Gasteiger partial charge in [-0.2, -0.15) is 4.31 Å². The molecule has 1 aromatic heterocycles. The van der Waals surface area contributed by atoms with Crippen LogP contribution in [0.5, 0.6) is 5.75 Å². The van der Waals surface area contributed by atoms with Crippen molar-refractivity contribution < 1.29 is 18.1 Å². The van der Waals surface area contributed by atoms with Gasteiger partial charge in [-0.25, -0.2) is 8.42 Å². The van der Waals surface area contributed by atoms with E-state index in [4.69, 9.17) is 16.3 Å². The highest BCUT2D eigenvalue weighted by Crippen LogP contribution is 2.21. The summed E-state index contributed by atoms with van der Waals surface area (Å²) in [5.74, 6) is 0.685. The quantitative estimate of drug-likeness (QED) is 0.804. The van der Waals surface area contributed by atoms with Gasteiger partial charge < -0.3 is 9.64 Å². The number of thiophene rings is 1. The van der Waals surface area contributed by atoms with Gasteiger partial charge >= 0.3 is 0 Å². The number of nitrogens with one attached hydrogen (secondary N) is 1. The van der Waals surface area contributed by atoms with Crippen LogP contribution < -0.4 is 9.64 Å². The molecule has 1 fully saturated rings. The number of halogens is 1. The van der Waals surface area contributed by atoms with Crippen molar-refractivity contribution in [3.8, 4) is 5.75 Å². The number of piperazine rings is 1. The van der Waals surface area contributed by atoms with Gasteiger partial charge in [-0.1, -0.05) is 11.6 Å². The lowest BCUT2D eigenvalue weighted by Gasteiger charge is -2.31. The van der Waals surface area contributed by atoms with Gasteiger partial charge in [-0.05, 0) is 43.3 Å². The van der Waals surface area contributed by atoms with Crippen LogP contribution in [0.4, 0.5) is 0 Å². The highest BCUT2D eigenvalue weighted by atomic mass is 35.5. The molecule has 0 atom stereocenters. The van der Waals surface area contributed by atoms with E-state index in [0.29, 0.717) is 30.3 Å². The molecule has 1 N–H and O–H groups in total. The topological polar surface area (TPSA) is 51.1 Å². The second-order valence-corrected chi connectivity index (χ2v) is 9.68. The van der Waals surface area contributed by atoms with Crippen molar-refractivity contribution in [1.29, 1.82) is 0 Å². The van der Waals surface area contributed by atoms with E-state index in [2.05, 4.69) is 0 Å². The Bertz CT molecular complexity index is 798. The number of sulfonamides is 1. The second kappa shape index (κ2) is 8.05. The number of hydrogen-bond acceptors (Lipinski definition) is 4. The smallest absolute Gasteiger partial charge is 0.243 e. The van der Waals surface area contributed by atoms with Crippen LogP contribution in [-0.2, 0) is 16.6 Å². The van der Waals surface area contributed by atoms with Crippen molar-refractivity contribution in [3.05, 3.63) is 45.6 Å². The molecule has 0 unspecified atom stereocenters. The third-order valence-corrected chi connectivity index (χ3v) is 7.40. The molecule has 1 aliphatic heterocycles. The zero-order valence-electron chi connectivity index (χ0n) is 14.1. The molecule has 0 bridgehead atoms. The molecule has 1 aliphatic rings. The monoisotopic (exact) mass is 401 g/mol. The third kappa shape index (κ3) is 4.54. The molecular formula is C17H22ClN2O3S2+. The molecule has 5 nitrogen and oxygen atoms in total. The Morgan fingerprint density at radius 3 is 2.40 bits per heavy atom. The standard InChI is InChI=1S/C17H21ClN2O3S2/c1-2-23-14-3-6-16(7-4-14)25(21,22)20-11-9-19(10-12-20)13-15-5-8-17(18)24-15/h3-8H,2,9-13H2,1H3/p+1. The van der Waals surface area contributed by atoms with Gasteiger partial charge in [0.2, 0.25) is 10.0 Å². The summed E-state index contributed by atoms with van der Waals surface area (Å²) in [4.78, 5) is 2.95. The molecule has 25 heavy (non-hydrogen) atoms. The van der Waals surface area contributed by atoms with Crippen LogP contribution in [0.15, 0.2) is 41.3 Å². The van der Waals surface area contributed by atoms with Crippen molar-refractivity contribution in [1.82, 2.24) is 4.31 Å². The summed E-state index contributed by atoms with van der Waals surface area (Å²) in [7, 11) is -3.44. The minimum atomic E-state index is -3.44. The van der Waals surface area contributed by atoms with Crippen LogP contribution in [-0.4, -0.2) is 45.5 Å². The fourth-order valence-corrected chi connectivity index (χ4v) is 5.54. The molecule has 1 saturated heterocycles. The molecule has 0 saturated carbocycles. The van der Waals surface area contributed by atoms with Crippen molar-refractivity contribution in [2.75, 3.05) is 32.8 Å². The van der Waals surface area contributed by atoms with E-state index in [1.165, 1.54) is 9.78 Å². The van der Waals surface area contributed by atoms with Crippen LogP contribution in [0, 0.1) is 0 Å². The first kappa shape index (κ1) is 18.7. The number of nitrogens with zero attached hydrogens (tertiary/aromatic N) is 1. The molecule has 0 spiro atoms. The van der Waals surface area contributed by atoms with Gasteiger partial charge in [0.1, 0.15) is 12.3 Å². The second-order valence-electron chi connectivity index (χ2n) is 5.94. The molecule has 1 aromatic carbocycles. The first-order valence-electron chi connectivity index (χ1n) is 8.30. The molecule has 0 radical (unpaired) electrons. The van der Waals surface area contributed by atoms with E-state index >= 15 is 0 Å². The average Bonchev–Trinajstić information content (AvgIpc) is 3.01. The fraction of sp³-hybridized carbons (Fsp3) is 0.412. The highest BCUT2D eigenvalue weighted by Gasteiger charge is 2.30. The Kier molecular flexibility index (Phi) is 6.01. The van der Waals surface area contributed by atoms with Gasteiger partial charge in [0, 0.05) is 0 Å². The summed E-state index contributed by atoms with van der Waals surface area (Å²) in [5, 5.41) is 0. The first-order valence-corrected chi connectivity index (χ1v) is 10.9. The lowest BCUT2D eigenvalue weighted by molar-refractivity contribution is -0.917. The number of quaternary nitrogens is 1. The zero-order valence-corrected chi connectivity index (χ0v) is 16.5. The molecule has 0 aliphatic carbocycles. The summed E-state index contributed by atoms with van der Waals surface area (Å²) in [5.41, 5.74) is 0. The van der Waals surface area contributed by atoms with E-state index in [1.807, 2.05) is 19.1 Å². The molecule has 136 valence electrons. The van der Waals surface area contributed by atoms with Crippen molar-refractivity contribution in [2.24, 2.45) is 0 Å². The fourth-order valence-electron chi connectivity index (χ4n) is 2.94. The van der Waals surface area contributed by atoms with Crippen LogP contribution in [0.25, 0.3) is 0 Å². The van der Waals surface area contributed by atoms with Crippen LogP contribution in [0.3, 0.4) is 0 Å². The molecular weight excluding hydrogens is 380 g/mol. The van der Waals surface area contributed by atoms with E-state index in [1.54, 1.807) is 39.9 Å². The summed E-state index contributed by atoms with van der Waals surface area (Å²) < 4.78 is 33.3. The van der Waals surface area contributed by atoms with Crippen molar-refractivity contribution >= 4 is 33.0 Å². The number of hydrogen-bond donors (Lipinski definition) is 1. The molecule has 0 amide bonds. The maximum atomic E-state index is 12.8. The Morgan fingerprint density at radius 1 is 1.16 bits per heavy atom. The van der Waals surface area contributed by atoms with Crippen molar-refractivity contribution in [2.45, 2.75) is 18.4 Å². The highest BCUT2D eigenvalue weighted by molar-refractivity contribution is 7.89. The van der Waals surface area contributed by atoms with Crippen LogP contribution in [0.1, 0.15) is 11.8 Å². The first-order chi connectivity index (χ1) is 12.0. The Morgan fingerprint density at radius 2 is 1.84 bits per heavy atom. The van der Waals surface area contributed by atoms with Gasteiger partial charge in [-0.15, -0.1) is 11.3 Å². The van der Waals surface area contributed by atoms with Crippen LogP contribution >= 0.6 is 22.9 Å². The van der Waals surface area contributed by atoms with Gasteiger partial charge in [-0.3, -0.25) is 0 Å². The third-order valence-electron chi connectivity index (χ3n) is 4.26. The lowest BCUT2D eigenvalue weighted by atomic mass is 10.3. The maximum absolute atomic E-state index is 12.8. The number of ether oxygens (including phenoxy) is 1. The lowest BCUT2D eigenvalue weighted by Crippen LogP contribution is -3.13. The summed E-state index contributed by atoms with van der Waals surface area (Å²) in [6, 6.07) is 10.6. The zero-order chi connectivity index (χ0) is 17.9. The molecule has 2 heterocycles.